The van der Waals surface area contributed by atoms with Crippen LogP contribution in [-0.2, 0) is 17.1 Å². The Kier molecular flexibility index (Phi) is 6.06. The highest BCUT2D eigenvalue weighted by Crippen LogP contribution is 2.34. The monoisotopic (exact) mass is 484 g/mol. The van der Waals surface area contributed by atoms with E-state index in [0.29, 0.717) is 0 Å². The van der Waals surface area contributed by atoms with Gasteiger partial charge in [0.05, 0.1) is 6.33 Å². The van der Waals surface area contributed by atoms with Crippen molar-refractivity contribution in [3.63, 3.8) is 0 Å². The first-order valence-corrected chi connectivity index (χ1v) is 11.3. The lowest BCUT2D eigenvalue weighted by atomic mass is 9.94. The maximum atomic E-state index is 13.8. The fraction of sp³-hybridized carbons (Fsp3) is 0.286. The molecule has 7 nitrogen and oxygen atoms in total. The lowest BCUT2D eigenvalue weighted by molar-refractivity contribution is -0.275. The van der Waals surface area contributed by atoms with Gasteiger partial charge in [0, 0.05) is 50.0 Å². The molecular formula is C21H20F4N4O3S. The second-order valence-electron chi connectivity index (χ2n) is 7.66. The van der Waals surface area contributed by atoms with Gasteiger partial charge in [0.1, 0.15) is 0 Å². The lowest BCUT2D eigenvalue weighted by Crippen LogP contribution is -2.32. The summed E-state index contributed by atoms with van der Waals surface area (Å²) in [5.41, 5.74) is 1.02. The molecule has 176 valence electrons. The maximum Gasteiger partial charge on any atom is 0.573 e. The Morgan fingerprint density at radius 1 is 1.12 bits per heavy atom. The van der Waals surface area contributed by atoms with E-state index in [1.165, 1.54) is 27.5 Å². The molecule has 3 aromatic rings. The standard InChI is InChI=1S/C21H20F4N4O3S/c1-28-12-20(26-13-28)33(30,31)29-10-16(14-5-3-2-4-6-14)18(11-29)27-15-7-8-17(22)19(9-15)32-21(23,24)25/h2-9,12-13,16,18,27H,10-11H2,1H3/t16-,18+/m1/s1. The number of ether oxygens (including phenoxy) is 1. The molecule has 1 aliphatic rings. The second kappa shape index (κ2) is 8.67. The van der Waals surface area contributed by atoms with Crippen LogP contribution in [0, 0.1) is 5.82 Å². The normalized spacial score (nSPS) is 19.5. The van der Waals surface area contributed by atoms with Gasteiger partial charge in [0.15, 0.2) is 16.6 Å². The van der Waals surface area contributed by atoms with Crippen molar-refractivity contribution in [2.75, 3.05) is 18.4 Å². The molecule has 1 N–H and O–H groups in total. The molecular weight excluding hydrogens is 464 g/mol. The number of aryl methyl sites for hydroxylation is 1. The minimum Gasteiger partial charge on any atom is -0.403 e. The summed E-state index contributed by atoms with van der Waals surface area (Å²) in [6.45, 7) is 0.166. The number of aromatic nitrogens is 2. The molecule has 2 atom stereocenters. The molecule has 1 saturated heterocycles. The molecule has 0 spiro atoms. The topological polar surface area (TPSA) is 76.5 Å². The fourth-order valence-electron chi connectivity index (χ4n) is 3.81. The first-order chi connectivity index (χ1) is 15.5. The van der Waals surface area contributed by atoms with E-state index in [2.05, 4.69) is 15.0 Å². The van der Waals surface area contributed by atoms with Crippen molar-refractivity contribution in [2.24, 2.45) is 7.05 Å². The van der Waals surface area contributed by atoms with E-state index in [-0.39, 0.29) is 29.7 Å². The van der Waals surface area contributed by atoms with Crippen molar-refractivity contribution in [3.8, 4) is 5.75 Å². The molecule has 0 bridgehead atoms. The first-order valence-electron chi connectivity index (χ1n) is 9.88. The molecule has 1 fully saturated rings. The van der Waals surface area contributed by atoms with Crippen LogP contribution in [0.2, 0.25) is 0 Å². The number of halogens is 4. The third-order valence-corrected chi connectivity index (χ3v) is 7.03. The van der Waals surface area contributed by atoms with Crippen molar-refractivity contribution >= 4 is 15.7 Å². The van der Waals surface area contributed by atoms with Crippen molar-refractivity contribution in [3.05, 3.63) is 72.4 Å². The van der Waals surface area contributed by atoms with Gasteiger partial charge in [-0.15, -0.1) is 13.2 Å². The summed E-state index contributed by atoms with van der Waals surface area (Å²) in [6, 6.07) is 11.7. The average Bonchev–Trinajstić information content (AvgIpc) is 3.37. The second-order valence-corrected chi connectivity index (χ2v) is 9.55. The molecule has 1 aliphatic heterocycles. The SMILES string of the molecule is Cn1cnc(S(=O)(=O)N2C[C@H](Nc3ccc(F)c(OC(F)(F)F)c3)[C@@H](c3ccccc3)C2)c1. The predicted octanol–water partition coefficient (Wildman–Crippen LogP) is 3.73. The van der Waals surface area contributed by atoms with Gasteiger partial charge in [-0.2, -0.15) is 4.31 Å². The summed E-state index contributed by atoms with van der Waals surface area (Å²) in [6.07, 6.45) is -2.27. The minimum absolute atomic E-state index is 0.0330. The summed E-state index contributed by atoms with van der Waals surface area (Å²) >= 11 is 0. The van der Waals surface area contributed by atoms with Gasteiger partial charge in [-0.05, 0) is 17.7 Å². The van der Waals surface area contributed by atoms with Crippen molar-refractivity contribution in [1.82, 2.24) is 13.9 Å². The van der Waals surface area contributed by atoms with Gasteiger partial charge in [0.25, 0.3) is 10.0 Å². The summed E-state index contributed by atoms with van der Waals surface area (Å²) < 4.78 is 84.4. The Labute approximate surface area is 187 Å². The summed E-state index contributed by atoms with van der Waals surface area (Å²) in [5.74, 6) is -2.45. The van der Waals surface area contributed by atoms with E-state index in [9.17, 15) is 26.0 Å². The average molecular weight is 484 g/mol. The molecule has 33 heavy (non-hydrogen) atoms. The van der Waals surface area contributed by atoms with Crippen LogP contribution in [0.3, 0.4) is 0 Å². The smallest absolute Gasteiger partial charge is 0.403 e. The molecule has 12 heteroatoms. The Morgan fingerprint density at radius 3 is 2.48 bits per heavy atom. The van der Waals surface area contributed by atoms with Crippen LogP contribution in [0.25, 0.3) is 0 Å². The zero-order valence-corrected chi connectivity index (χ0v) is 18.1. The van der Waals surface area contributed by atoms with Crippen molar-refractivity contribution in [1.29, 1.82) is 0 Å². The summed E-state index contributed by atoms with van der Waals surface area (Å²) in [5, 5.41) is 2.96. The van der Waals surface area contributed by atoms with Crippen LogP contribution in [-0.4, -0.2) is 47.8 Å². The number of benzene rings is 2. The highest BCUT2D eigenvalue weighted by molar-refractivity contribution is 7.89. The van der Waals surface area contributed by atoms with Gasteiger partial charge < -0.3 is 14.6 Å². The maximum absolute atomic E-state index is 13.8. The van der Waals surface area contributed by atoms with Crippen LogP contribution in [0.5, 0.6) is 5.75 Å². The number of nitrogens with one attached hydrogen (secondary N) is 1. The molecule has 4 rings (SSSR count). The van der Waals surface area contributed by atoms with Gasteiger partial charge in [0.2, 0.25) is 0 Å². The largest absolute Gasteiger partial charge is 0.573 e. The van der Waals surface area contributed by atoms with Crippen LogP contribution in [0.1, 0.15) is 11.5 Å². The number of hydrogen-bond donors (Lipinski definition) is 1. The fourth-order valence-corrected chi connectivity index (χ4v) is 5.27. The Bertz CT molecular complexity index is 1230. The van der Waals surface area contributed by atoms with E-state index in [4.69, 9.17) is 0 Å². The molecule has 2 aromatic carbocycles. The molecule has 0 amide bonds. The van der Waals surface area contributed by atoms with Crippen molar-refractivity contribution in [2.45, 2.75) is 23.3 Å². The van der Waals surface area contributed by atoms with E-state index >= 15 is 0 Å². The quantitative estimate of drug-likeness (QED) is 0.540. The summed E-state index contributed by atoms with van der Waals surface area (Å²) in [4.78, 5) is 3.94. The van der Waals surface area contributed by atoms with E-state index in [0.717, 1.165) is 17.7 Å². The highest BCUT2D eigenvalue weighted by atomic mass is 32.2. The molecule has 0 aliphatic carbocycles. The van der Waals surface area contributed by atoms with Gasteiger partial charge >= 0.3 is 6.36 Å². The van der Waals surface area contributed by atoms with Crippen LogP contribution in [0.15, 0.2) is 66.1 Å². The number of sulfonamides is 1. The summed E-state index contributed by atoms with van der Waals surface area (Å²) in [7, 11) is -2.24. The molecule has 0 radical (unpaired) electrons. The Balaban J connectivity index is 1.63. The third kappa shape index (κ3) is 5.11. The zero-order chi connectivity index (χ0) is 23.8. The Morgan fingerprint density at radius 2 is 1.85 bits per heavy atom. The number of nitrogens with zero attached hydrogens (tertiary/aromatic N) is 3. The Hall–Kier alpha value is -3.12. The highest BCUT2D eigenvalue weighted by Gasteiger charge is 2.41. The molecule has 2 heterocycles. The number of rotatable bonds is 6. The molecule has 0 saturated carbocycles. The van der Waals surface area contributed by atoms with E-state index < -0.39 is 34.0 Å². The van der Waals surface area contributed by atoms with Gasteiger partial charge in [-0.1, -0.05) is 30.3 Å². The number of anilines is 1. The van der Waals surface area contributed by atoms with Gasteiger partial charge in [-0.3, -0.25) is 0 Å². The van der Waals surface area contributed by atoms with Crippen LogP contribution in [0.4, 0.5) is 23.2 Å². The number of hydrogen-bond acceptors (Lipinski definition) is 5. The van der Waals surface area contributed by atoms with E-state index in [1.54, 1.807) is 7.05 Å². The van der Waals surface area contributed by atoms with Crippen molar-refractivity contribution < 1.29 is 30.7 Å². The van der Waals surface area contributed by atoms with Crippen LogP contribution < -0.4 is 10.1 Å². The van der Waals surface area contributed by atoms with Crippen LogP contribution >= 0.6 is 0 Å². The van der Waals surface area contributed by atoms with Gasteiger partial charge in [-0.25, -0.2) is 17.8 Å². The first kappa shape index (κ1) is 23.1. The molecule has 1 aromatic heterocycles. The molecule has 0 unspecified atom stereocenters. The third-order valence-electron chi connectivity index (χ3n) is 5.31. The predicted molar refractivity (Wildman–Crippen MR) is 112 cm³/mol. The lowest BCUT2D eigenvalue weighted by Gasteiger charge is -2.22. The minimum atomic E-state index is -5.05. The zero-order valence-electron chi connectivity index (χ0n) is 17.3. The van der Waals surface area contributed by atoms with E-state index in [1.807, 2.05) is 30.3 Å². The number of alkyl halides is 3. The number of imidazole rings is 1.